The summed E-state index contributed by atoms with van der Waals surface area (Å²) in [6.07, 6.45) is 2.15. The average molecular weight is 285 g/mol. The third-order valence-electron chi connectivity index (χ3n) is 3.75. The van der Waals surface area contributed by atoms with Crippen LogP contribution in [0.2, 0.25) is 0 Å². The standard InChI is InChI=1S/C18H27N3/c1-5-10-19-17(13-16-9-7-8-14(3)11-16)18-12-15(4)20-21(18)6-2/h7-9,11-12,17,19H,5-6,10,13H2,1-4H3. The Kier molecular flexibility index (Phi) is 5.57. The molecule has 2 aromatic rings. The molecule has 2 rings (SSSR count). The first-order chi connectivity index (χ1) is 10.1. The Labute approximate surface area is 128 Å². The van der Waals surface area contributed by atoms with E-state index < -0.39 is 0 Å². The molecule has 114 valence electrons. The van der Waals surface area contributed by atoms with E-state index in [1.807, 2.05) is 0 Å². The number of hydrogen-bond acceptors (Lipinski definition) is 2. The van der Waals surface area contributed by atoms with Crippen LogP contribution in [0.15, 0.2) is 30.3 Å². The lowest BCUT2D eigenvalue weighted by atomic mass is 10.0. The molecule has 1 unspecified atom stereocenters. The molecule has 3 nitrogen and oxygen atoms in total. The molecule has 0 saturated carbocycles. The van der Waals surface area contributed by atoms with Crippen LogP contribution in [0.5, 0.6) is 0 Å². The fourth-order valence-corrected chi connectivity index (χ4v) is 2.77. The molecule has 1 aromatic heterocycles. The molecule has 0 aliphatic rings. The number of aromatic nitrogens is 2. The van der Waals surface area contributed by atoms with Gasteiger partial charge in [-0.15, -0.1) is 0 Å². The average Bonchev–Trinajstić information content (AvgIpc) is 2.84. The van der Waals surface area contributed by atoms with E-state index >= 15 is 0 Å². The highest BCUT2D eigenvalue weighted by Gasteiger charge is 2.17. The maximum atomic E-state index is 4.59. The number of nitrogens with zero attached hydrogens (tertiary/aromatic N) is 2. The van der Waals surface area contributed by atoms with Crippen molar-refractivity contribution in [1.82, 2.24) is 15.1 Å². The van der Waals surface area contributed by atoms with Crippen LogP contribution >= 0.6 is 0 Å². The number of hydrogen-bond donors (Lipinski definition) is 1. The van der Waals surface area contributed by atoms with Crippen molar-refractivity contribution in [2.75, 3.05) is 6.54 Å². The molecule has 1 atom stereocenters. The van der Waals surface area contributed by atoms with Crippen molar-refractivity contribution in [3.05, 3.63) is 52.8 Å². The highest BCUT2D eigenvalue weighted by Crippen LogP contribution is 2.20. The molecule has 1 aromatic carbocycles. The molecule has 0 aliphatic carbocycles. The monoisotopic (exact) mass is 285 g/mol. The molecule has 0 radical (unpaired) electrons. The Morgan fingerprint density at radius 3 is 2.67 bits per heavy atom. The van der Waals surface area contributed by atoms with Crippen molar-refractivity contribution in [3.63, 3.8) is 0 Å². The summed E-state index contributed by atoms with van der Waals surface area (Å²) in [6.45, 7) is 10.5. The lowest BCUT2D eigenvalue weighted by molar-refractivity contribution is 0.478. The van der Waals surface area contributed by atoms with E-state index in [1.54, 1.807) is 0 Å². The first-order valence-corrected chi connectivity index (χ1v) is 7.97. The molecule has 1 heterocycles. The fraction of sp³-hybridized carbons (Fsp3) is 0.500. The van der Waals surface area contributed by atoms with Crippen LogP contribution in [0, 0.1) is 13.8 Å². The van der Waals surface area contributed by atoms with Crippen LogP contribution in [0.1, 0.15) is 48.8 Å². The fourth-order valence-electron chi connectivity index (χ4n) is 2.77. The molecule has 21 heavy (non-hydrogen) atoms. The first-order valence-electron chi connectivity index (χ1n) is 7.97. The van der Waals surface area contributed by atoms with Gasteiger partial charge >= 0.3 is 0 Å². The molecular weight excluding hydrogens is 258 g/mol. The molecule has 0 spiro atoms. The number of benzene rings is 1. The number of nitrogens with one attached hydrogen (secondary N) is 1. The minimum absolute atomic E-state index is 0.327. The van der Waals surface area contributed by atoms with E-state index in [0.717, 1.165) is 31.6 Å². The van der Waals surface area contributed by atoms with Gasteiger partial charge in [-0.25, -0.2) is 0 Å². The van der Waals surface area contributed by atoms with E-state index in [-0.39, 0.29) is 0 Å². The largest absolute Gasteiger partial charge is 0.308 e. The second kappa shape index (κ2) is 7.41. The minimum atomic E-state index is 0.327. The van der Waals surface area contributed by atoms with Crippen molar-refractivity contribution >= 4 is 0 Å². The lowest BCUT2D eigenvalue weighted by Gasteiger charge is -2.20. The zero-order valence-electron chi connectivity index (χ0n) is 13.7. The van der Waals surface area contributed by atoms with E-state index in [0.29, 0.717) is 6.04 Å². The first kappa shape index (κ1) is 15.8. The van der Waals surface area contributed by atoms with Crippen molar-refractivity contribution in [2.24, 2.45) is 0 Å². The predicted molar refractivity (Wildman–Crippen MR) is 88.6 cm³/mol. The van der Waals surface area contributed by atoms with Gasteiger partial charge in [0.2, 0.25) is 0 Å². The number of rotatable bonds is 7. The topological polar surface area (TPSA) is 29.9 Å². The second-order valence-electron chi connectivity index (χ2n) is 5.73. The summed E-state index contributed by atoms with van der Waals surface area (Å²) in [5.74, 6) is 0. The van der Waals surface area contributed by atoms with Crippen LogP contribution in [0.25, 0.3) is 0 Å². The Morgan fingerprint density at radius 1 is 1.19 bits per heavy atom. The quantitative estimate of drug-likeness (QED) is 0.838. The van der Waals surface area contributed by atoms with Crippen LogP contribution < -0.4 is 5.32 Å². The summed E-state index contributed by atoms with van der Waals surface area (Å²) in [5.41, 5.74) is 5.09. The highest BCUT2D eigenvalue weighted by atomic mass is 15.3. The van der Waals surface area contributed by atoms with Gasteiger partial charge in [-0.3, -0.25) is 4.68 Å². The summed E-state index contributed by atoms with van der Waals surface area (Å²) in [4.78, 5) is 0. The van der Waals surface area contributed by atoms with E-state index in [1.165, 1.54) is 16.8 Å². The molecule has 0 fully saturated rings. The Hall–Kier alpha value is -1.61. The van der Waals surface area contributed by atoms with Gasteiger partial charge in [0.25, 0.3) is 0 Å². The van der Waals surface area contributed by atoms with Crippen LogP contribution in [0.3, 0.4) is 0 Å². The van der Waals surface area contributed by atoms with Gasteiger partial charge in [0, 0.05) is 6.54 Å². The maximum Gasteiger partial charge on any atom is 0.0597 e. The third kappa shape index (κ3) is 4.18. The van der Waals surface area contributed by atoms with Gasteiger partial charge < -0.3 is 5.32 Å². The maximum absolute atomic E-state index is 4.59. The smallest absolute Gasteiger partial charge is 0.0597 e. The summed E-state index contributed by atoms with van der Waals surface area (Å²) in [5, 5.41) is 8.27. The lowest BCUT2D eigenvalue weighted by Crippen LogP contribution is -2.26. The van der Waals surface area contributed by atoms with Crippen LogP contribution in [0.4, 0.5) is 0 Å². The zero-order valence-corrected chi connectivity index (χ0v) is 13.7. The van der Waals surface area contributed by atoms with E-state index in [9.17, 15) is 0 Å². The van der Waals surface area contributed by atoms with Gasteiger partial charge in [0.15, 0.2) is 0 Å². The summed E-state index contributed by atoms with van der Waals surface area (Å²) in [7, 11) is 0. The van der Waals surface area contributed by atoms with Crippen molar-refractivity contribution in [1.29, 1.82) is 0 Å². The summed E-state index contributed by atoms with van der Waals surface area (Å²) < 4.78 is 2.12. The molecule has 3 heteroatoms. The number of aryl methyl sites for hydroxylation is 3. The molecular formula is C18H27N3. The van der Waals surface area contributed by atoms with Crippen molar-refractivity contribution in [2.45, 2.75) is 53.1 Å². The third-order valence-corrected chi connectivity index (χ3v) is 3.75. The minimum Gasteiger partial charge on any atom is -0.308 e. The Balaban J connectivity index is 2.25. The van der Waals surface area contributed by atoms with Gasteiger partial charge in [-0.05, 0) is 51.8 Å². The van der Waals surface area contributed by atoms with Gasteiger partial charge in [-0.1, -0.05) is 36.8 Å². The SMILES string of the molecule is CCCNC(Cc1cccc(C)c1)c1cc(C)nn1CC. The van der Waals surface area contributed by atoms with Crippen LogP contribution in [-0.2, 0) is 13.0 Å². The molecule has 0 saturated heterocycles. The molecule has 1 N–H and O–H groups in total. The Bertz CT molecular complexity index is 572. The molecule has 0 amide bonds. The van der Waals surface area contributed by atoms with E-state index in [2.05, 4.69) is 73.1 Å². The zero-order chi connectivity index (χ0) is 15.2. The van der Waals surface area contributed by atoms with Gasteiger partial charge in [-0.2, -0.15) is 5.10 Å². The normalized spacial score (nSPS) is 12.6. The van der Waals surface area contributed by atoms with Gasteiger partial charge in [0.1, 0.15) is 0 Å². The second-order valence-corrected chi connectivity index (χ2v) is 5.73. The van der Waals surface area contributed by atoms with Gasteiger partial charge in [0.05, 0.1) is 17.4 Å². The van der Waals surface area contributed by atoms with Crippen molar-refractivity contribution in [3.8, 4) is 0 Å². The highest BCUT2D eigenvalue weighted by molar-refractivity contribution is 5.25. The predicted octanol–water partition coefficient (Wildman–Crippen LogP) is 3.80. The van der Waals surface area contributed by atoms with E-state index in [4.69, 9.17) is 0 Å². The van der Waals surface area contributed by atoms with Crippen LogP contribution in [-0.4, -0.2) is 16.3 Å². The van der Waals surface area contributed by atoms with Crippen molar-refractivity contribution < 1.29 is 0 Å². The Morgan fingerprint density at radius 2 is 2.00 bits per heavy atom. The summed E-state index contributed by atoms with van der Waals surface area (Å²) in [6, 6.07) is 11.3. The molecule has 0 aliphatic heterocycles. The summed E-state index contributed by atoms with van der Waals surface area (Å²) >= 11 is 0. The molecule has 0 bridgehead atoms.